The SMILES string of the molecule is CCCCc1[c]c2nn[nH]c2cc1. The summed E-state index contributed by atoms with van der Waals surface area (Å²) in [5, 5.41) is 10.5. The highest BCUT2D eigenvalue weighted by molar-refractivity contribution is 5.73. The first-order valence-electron chi connectivity index (χ1n) is 4.62. The topological polar surface area (TPSA) is 41.6 Å². The number of aryl methyl sites for hydroxylation is 1. The monoisotopic (exact) mass is 174 g/mol. The first-order chi connectivity index (χ1) is 6.40. The van der Waals surface area contributed by atoms with Gasteiger partial charge in [0.1, 0.15) is 5.52 Å². The van der Waals surface area contributed by atoms with Crippen molar-refractivity contribution in [2.24, 2.45) is 0 Å². The van der Waals surface area contributed by atoms with Crippen molar-refractivity contribution in [2.45, 2.75) is 26.2 Å². The first-order valence-corrected chi connectivity index (χ1v) is 4.62. The second kappa shape index (κ2) is 3.56. The Hall–Kier alpha value is -1.38. The predicted octanol–water partition coefficient (Wildman–Crippen LogP) is 2.10. The predicted molar refractivity (Wildman–Crippen MR) is 51.3 cm³/mol. The van der Waals surface area contributed by atoms with Crippen LogP contribution >= 0.6 is 0 Å². The van der Waals surface area contributed by atoms with Crippen LogP contribution in [0.4, 0.5) is 0 Å². The molecule has 1 aromatic heterocycles. The summed E-state index contributed by atoms with van der Waals surface area (Å²) in [6, 6.07) is 7.33. The fraction of sp³-hybridized carbons (Fsp3) is 0.400. The maximum absolute atomic E-state index is 3.93. The number of aromatic nitrogens is 3. The van der Waals surface area contributed by atoms with E-state index in [1.54, 1.807) is 0 Å². The number of H-pyrrole nitrogens is 1. The van der Waals surface area contributed by atoms with E-state index in [-0.39, 0.29) is 0 Å². The maximum atomic E-state index is 3.93. The van der Waals surface area contributed by atoms with Crippen molar-refractivity contribution in [1.29, 1.82) is 0 Å². The highest BCUT2D eigenvalue weighted by Gasteiger charge is 1.99. The van der Waals surface area contributed by atoms with Crippen molar-refractivity contribution < 1.29 is 0 Å². The van der Waals surface area contributed by atoms with Crippen LogP contribution in [-0.4, -0.2) is 15.4 Å². The second-order valence-corrected chi connectivity index (χ2v) is 3.16. The van der Waals surface area contributed by atoms with Gasteiger partial charge in [-0.05, 0) is 24.5 Å². The van der Waals surface area contributed by atoms with Gasteiger partial charge in [-0.25, -0.2) is 0 Å². The molecule has 0 aliphatic carbocycles. The van der Waals surface area contributed by atoms with Gasteiger partial charge in [0.25, 0.3) is 0 Å². The van der Waals surface area contributed by atoms with Crippen LogP contribution < -0.4 is 0 Å². The number of unbranched alkanes of at least 4 members (excludes halogenated alkanes) is 1. The van der Waals surface area contributed by atoms with E-state index in [1.165, 1.54) is 18.4 Å². The zero-order valence-corrected chi connectivity index (χ0v) is 7.67. The fourth-order valence-corrected chi connectivity index (χ4v) is 1.33. The van der Waals surface area contributed by atoms with Crippen LogP contribution in [0.1, 0.15) is 25.3 Å². The maximum Gasteiger partial charge on any atom is 0.121 e. The van der Waals surface area contributed by atoms with Gasteiger partial charge in [-0.3, -0.25) is 5.10 Å². The zero-order chi connectivity index (χ0) is 9.10. The number of rotatable bonds is 3. The Morgan fingerprint density at radius 1 is 1.46 bits per heavy atom. The Balaban J connectivity index is 2.26. The molecular formula is C10H12N3. The molecule has 1 radical (unpaired) electrons. The normalized spacial score (nSPS) is 10.8. The van der Waals surface area contributed by atoms with Crippen LogP contribution in [0, 0.1) is 6.07 Å². The lowest BCUT2D eigenvalue weighted by molar-refractivity contribution is 0.795. The molecule has 67 valence electrons. The van der Waals surface area contributed by atoms with E-state index in [0.29, 0.717) is 0 Å². The van der Waals surface area contributed by atoms with Gasteiger partial charge in [-0.15, -0.1) is 5.10 Å². The molecule has 0 atom stereocenters. The third-order valence-electron chi connectivity index (χ3n) is 2.11. The Bertz CT molecular complexity index is 392. The summed E-state index contributed by atoms with van der Waals surface area (Å²) in [7, 11) is 0. The van der Waals surface area contributed by atoms with Gasteiger partial charge >= 0.3 is 0 Å². The Morgan fingerprint density at radius 2 is 2.38 bits per heavy atom. The van der Waals surface area contributed by atoms with Gasteiger partial charge in [0.2, 0.25) is 0 Å². The number of nitrogens with zero attached hydrogens (tertiary/aromatic N) is 2. The van der Waals surface area contributed by atoms with Gasteiger partial charge in [0, 0.05) is 6.07 Å². The highest BCUT2D eigenvalue weighted by Crippen LogP contribution is 2.11. The molecule has 0 aliphatic heterocycles. The number of hydrogen-bond donors (Lipinski definition) is 1. The number of aromatic amines is 1. The summed E-state index contributed by atoms with van der Waals surface area (Å²) in [5.41, 5.74) is 3.03. The Morgan fingerprint density at radius 3 is 3.23 bits per heavy atom. The van der Waals surface area contributed by atoms with Crippen LogP contribution in [0.2, 0.25) is 0 Å². The molecule has 2 rings (SSSR count). The molecule has 0 saturated heterocycles. The molecule has 0 bridgehead atoms. The van der Waals surface area contributed by atoms with Crippen molar-refractivity contribution in [1.82, 2.24) is 15.4 Å². The van der Waals surface area contributed by atoms with Gasteiger partial charge in [0.05, 0.1) is 5.52 Å². The standard InChI is InChI=1S/C10H12N3/c1-2-3-4-8-5-6-9-10(7-8)12-13-11-9/h5-6H,2-4H2,1H3,(H,11,12,13). The Kier molecular flexibility index (Phi) is 2.25. The Labute approximate surface area is 77.2 Å². The van der Waals surface area contributed by atoms with Gasteiger partial charge in [0.15, 0.2) is 0 Å². The molecule has 0 fully saturated rings. The van der Waals surface area contributed by atoms with Crippen molar-refractivity contribution in [3.05, 3.63) is 23.8 Å². The van der Waals surface area contributed by atoms with E-state index < -0.39 is 0 Å². The van der Waals surface area contributed by atoms with Gasteiger partial charge in [-0.2, -0.15) is 0 Å². The summed E-state index contributed by atoms with van der Waals surface area (Å²) in [4.78, 5) is 0. The molecule has 0 amide bonds. The molecule has 1 aromatic carbocycles. The second-order valence-electron chi connectivity index (χ2n) is 3.16. The molecule has 0 unspecified atom stereocenters. The van der Waals surface area contributed by atoms with Gasteiger partial charge < -0.3 is 0 Å². The molecular weight excluding hydrogens is 162 g/mol. The summed E-state index contributed by atoms with van der Waals surface area (Å²) >= 11 is 0. The first kappa shape index (κ1) is 8.23. The minimum atomic E-state index is 0.841. The number of nitrogens with one attached hydrogen (secondary N) is 1. The van der Waals surface area contributed by atoms with Crippen molar-refractivity contribution >= 4 is 11.0 Å². The lowest BCUT2D eigenvalue weighted by Crippen LogP contribution is -1.84. The van der Waals surface area contributed by atoms with Crippen molar-refractivity contribution in [3.63, 3.8) is 0 Å². The lowest BCUT2D eigenvalue weighted by Gasteiger charge is -1.97. The highest BCUT2D eigenvalue weighted by atomic mass is 15.3. The summed E-state index contributed by atoms with van der Waals surface area (Å²) in [5.74, 6) is 0. The van der Waals surface area contributed by atoms with Crippen LogP contribution in [-0.2, 0) is 6.42 Å². The minimum absolute atomic E-state index is 0.841. The summed E-state index contributed by atoms with van der Waals surface area (Å²) in [6.45, 7) is 2.19. The quantitative estimate of drug-likeness (QED) is 0.774. The van der Waals surface area contributed by atoms with E-state index in [9.17, 15) is 0 Å². The van der Waals surface area contributed by atoms with Crippen LogP contribution in [0.25, 0.3) is 11.0 Å². The molecule has 13 heavy (non-hydrogen) atoms. The summed E-state index contributed by atoms with van der Waals surface area (Å²) < 4.78 is 0. The molecule has 3 heteroatoms. The van der Waals surface area contributed by atoms with E-state index >= 15 is 0 Å². The van der Waals surface area contributed by atoms with Gasteiger partial charge in [-0.1, -0.05) is 24.6 Å². The number of fused-ring (bicyclic) bond motifs is 1. The van der Waals surface area contributed by atoms with Crippen molar-refractivity contribution in [3.8, 4) is 0 Å². The van der Waals surface area contributed by atoms with Crippen LogP contribution in [0.15, 0.2) is 12.1 Å². The third-order valence-corrected chi connectivity index (χ3v) is 2.11. The number of benzene rings is 1. The minimum Gasteiger partial charge on any atom is -0.258 e. The fourth-order valence-electron chi connectivity index (χ4n) is 1.33. The molecule has 3 nitrogen and oxygen atoms in total. The molecule has 0 spiro atoms. The average Bonchev–Trinajstić information content (AvgIpc) is 2.61. The third kappa shape index (κ3) is 1.69. The van der Waals surface area contributed by atoms with Crippen molar-refractivity contribution in [2.75, 3.05) is 0 Å². The van der Waals surface area contributed by atoms with Crippen LogP contribution in [0.3, 0.4) is 0 Å². The largest absolute Gasteiger partial charge is 0.258 e. The van der Waals surface area contributed by atoms with E-state index in [1.807, 2.05) is 6.07 Å². The van der Waals surface area contributed by atoms with E-state index in [4.69, 9.17) is 0 Å². The lowest BCUT2D eigenvalue weighted by atomic mass is 10.1. The molecule has 0 saturated carbocycles. The van der Waals surface area contributed by atoms with Crippen LogP contribution in [0.5, 0.6) is 0 Å². The average molecular weight is 174 g/mol. The summed E-state index contributed by atoms with van der Waals surface area (Å²) in [6.07, 6.45) is 3.50. The number of hydrogen-bond acceptors (Lipinski definition) is 2. The smallest absolute Gasteiger partial charge is 0.121 e. The van der Waals surface area contributed by atoms with E-state index in [0.717, 1.165) is 17.5 Å². The molecule has 1 heterocycles. The molecule has 0 aliphatic rings. The zero-order valence-electron chi connectivity index (χ0n) is 7.67. The van der Waals surface area contributed by atoms with E-state index in [2.05, 4.69) is 34.5 Å². The molecule has 2 aromatic rings. The molecule has 1 N–H and O–H groups in total.